The molecule has 7 nitrogen and oxygen atoms in total. The second-order valence-corrected chi connectivity index (χ2v) is 8.58. The molecule has 0 atom stereocenters. The predicted molar refractivity (Wildman–Crippen MR) is 113 cm³/mol. The molecule has 4 aromatic rings. The number of nitrogens with one attached hydrogen (secondary N) is 2. The summed E-state index contributed by atoms with van der Waals surface area (Å²) >= 11 is 1.12. The lowest BCUT2D eigenvalue weighted by Gasteiger charge is -2.12. The Morgan fingerprint density at radius 1 is 1.07 bits per heavy atom. The molecular formula is C19H16F2N4O3S2. The van der Waals surface area contributed by atoms with Crippen LogP contribution in [0.4, 0.5) is 19.6 Å². The van der Waals surface area contributed by atoms with E-state index in [1.165, 1.54) is 30.6 Å². The third-order valence-corrected chi connectivity index (χ3v) is 6.31. The summed E-state index contributed by atoms with van der Waals surface area (Å²) in [7, 11) is -3.98. The average molecular weight is 450 g/mol. The Labute approximate surface area is 176 Å². The van der Waals surface area contributed by atoms with E-state index >= 15 is 0 Å². The highest BCUT2D eigenvalue weighted by Gasteiger charge is 2.22. The maximum absolute atomic E-state index is 13.9. The SMILES string of the molecule is O=C(Nc1ccc(S(=O)(=O)Nc2nccs2)c2cccnc12)c1cc(F)ccc1F.[HH].[HH]. The van der Waals surface area contributed by atoms with Crippen molar-refractivity contribution in [1.82, 2.24) is 9.97 Å². The molecule has 2 aromatic carbocycles. The molecule has 0 aliphatic rings. The van der Waals surface area contributed by atoms with Crippen molar-refractivity contribution in [2.24, 2.45) is 0 Å². The van der Waals surface area contributed by atoms with E-state index < -0.39 is 33.1 Å². The van der Waals surface area contributed by atoms with E-state index in [1.54, 1.807) is 11.4 Å². The summed E-state index contributed by atoms with van der Waals surface area (Å²) in [4.78, 5) is 20.4. The van der Waals surface area contributed by atoms with Crippen molar-refractivity contribution in [3.8, 4) is 0 Å². The largest absolute Gasteiger partial charge is 0.320 e. The number of nitrogens with zero attached hydrogens (tertiary/aromatic N) is 2. The molecule has 2 heterocycles. The van der Waals surface area contributed by atoms with Crippen molar-refractivity contribution < 1.29 is 24.8 Å². The first-order valence-corrected chi connectivity index (χ1v) is 10.8. The van der Waals surface area contributed by atoms with Crippen molar-refractivity contribution in [3.05, 3.63) is 77.4 Å². The van der Waals surface area contributed by atoms with E-state index in [2.05, 4.69) is 20.0 Å². The molecule has 156 valence electrons. The van der Waals surface area contributed by atoms with Gasteiger partial charge in [-0.15, -0.1) is 11.3 Å². The second-order valence-electron chi connectivity index (χ2n) is 6.03. The molecule has 0 unspecified atom stereocenters. The van der Waals surface area contributed by atoms with E-state index in [4.69, 9.17) is 0 Å². The van der Waals surface area contributed by atoms with Crippen LogP contribution in [0, 0.1) is 11.6 Å². The van der Waals surface area contributed by atoms with Crippen molar-refractivity contribution in [1.29, 1.82) is 0 Å². The number of thiazole rings is 1. The van der Waals surface area contributed by atoms with E-state index in [0.29, 0.717) is 0 Å². The molecule has 2 N–H and O–H groups in total. The molecule has 0 saturated carbocycles. The molecule has 1 amide bonds. The highest BCUT2D eigenvalue weighted by atomic mass is 32.2. The van der Waals surface area contributed by atoms with Crippen LogP contribution < -0.4 is 10.0 Å². The summed E-state index contributed by atoms with van der Waals surface area (Å²) in [5.41, 5.74) is -0.168. The van der Waals surface area contributed by atoms with Crippen LogP contribution in [-0.2, 0) is 10.0 Å². The first kappa shape index (κ1) is 19.9. The van der Waals surface area contributed by atoms with Gasteiger partial charge < -0.3 is 5.32 Å². The molecule has 0 bridgehead atoms. The normalized spacial score (nSPS) is 11.4. The van der Waals surface area contributed by atoms with Crippen LogP contribution in [-0.4, -0.2) is 24.3 Å². The van der Waals surface area contributed by atoms with Crippen LogP contribution in [0.1, 0.15) is 13.2 Å². The smallest absolute Gasteiger partial charge is 0.264 e. The number of hydrogen-bond donors (Lipinski definition) is 2. The van der Waals surface area contributed by atoms with E-state index in [-0.39, 0.29) is 29.5 Å². The molecule has 0 aliphatic carbocycles. The van der Waals surface area contributed by atoms with E-state index in [1.807, 2.05) is 0 Å². The van der Waals surface area contributed by atoms with Crippen molar-refractivity contribution in [3.63, 3.8) is 0 Å². The minimum atomic E-state index is -3.98. The number of rotatable bonds is 5. The fraction of sp³-hybridized carbons (Fsp3) is 0. The van der Waals surface area contributed by atoms with Crippen molar-refractivity contribution >= 4 is 49.0 Å². The number of sulfonamides is 1. The minimum absolute atomic E-state index is 0. The molecule has 30 heavy (non-hydrogen) atoms. The summed E-state index contributed by atoms with van der Waals surface area (Å²) in [6.45, 7) is 0. The Morgan fingerprint density at radius 3 is 2.67 bits per heavy atom. The van der Waals surface area contributed by atoms with E-state index in [0.717, 1.165) is 29.5 Å². The van der Waals surface area contributed by atoms with Gasteiger partial charge in [0, 0.05) is 26.0 Å². The fourth-order valence-corrected chi connectivity index (χ4v) is 4.77. The zero-order valence-corrected chi connectivity index (χ0v) is 16.6. The monoisotopic (exact) mass is 450 g/mol. The number of aromatic nitrogens is 2. The number of amides is 1. The van der Waals surface area contributed by atoms with Crippen LogP contribution in [0.25, 0.3) is 10.9 Å². The van der Waals surface area contributed by atoms with Gasteiger partial charge in [-0.1, -0.05) is 0 Å². The van der Waals surface area contributed by atoms with Crippen LogP contribution in [0.15, 0.2) is 65.1 Å². The quantitative estimate of drug-likeness (QED) is 0.466. The maximum Gasteiger partial charge on any atom is 0.264 e. The molecular weight excluding hydrogens is 434 g/mol. The van der Waals surface area contributed by atoms with Gasteiger partial charge in [-0.25, -0.2) is 22.2 Å². The van der Waals surface area contributed by atoms with Gasteiger partial charge in [-0.05, 0) is 42.5 Å². The lowest BCUT2D eigenvalue weighted by molar-refractivity contribution is 0.102. The molecule has 0 fully saturated rings. The number of benzene rings is 2. The van der Waals surface area contributed by atoms with Gasteiger partial charge in [-0.3, -0.25) is 14.5 Å². The number of carbonyl (C=O) groups is 1. The predicted octanol–water partition coefficient (Wildman–Crippen LogP) is 4.51. The maximum atomic E-state index is 13.9. The minimum Gasteiger partial charge on any atom is -0.320 e. The van der Waals surface area contributed by atoms with Crippen molar-refractivity contribution in [2.45, 2.75) is 4.90 Å². The first-order chi connectivity index (χ1) is 14.3. The molecule has 2 aromatic heterocycles. The van der Waals surface area contributed by atoms with Crippen LogP contribution in [0.2, 0.25) is 0 Å². The third-order valence-electron chi connectivity index (χ3n) is 4.09. The summed E-state index contributed by atoms with van der Waals surface area (Å²) < 4.78 is 55.3. The zero-order chi connectivity index (χ0) is 21.3. The molecule has 4 rings (SSSR count). The first-order valence-electron chi connectivity index (χ1n) is 8.41. The number of anilines is 2. The molecule has 0 radical (unpaired) electrons. The lowest BCUT2D eigenvalue weighted by Crippen LogP contribution is -2.16. The molecule has 0 saturated heterocycles. The van der Waals surface area contributed by atoms with Crippen LogP contribution >= 0.6 is 11.3 Å². The van der Waals surface area contributed by atoms with Gasteiger partial charge in [0.2, 0.25) is 0 Å². The summed E-state index contributed by atoms with van der Waals surface area (Å²) in [5, 5.41) is 4.52. The van der Waals surface area contributed by atoms with Gasteiger partial charge in [-0.2, -0.15) is 0 Å². The number of halogens is 2. The zero-order valence-electron chi connectivity index (χ0n) is 15.0. The summed E-state index contributed by atoms with van der Waals surface area (Å²) in [6, 6.07) is 8.22. The Bertz CT molecular complexity index is 1370. The van der Waals surface area contributed by atoms with Gasteiger partial charge in [0.15, 0.2) is 5.13 Å². The lowest BCUT2D eigenvalue weighted by atomic mass is 10.1. The Hall–Kier alpha value is -3.44. The fourth-order valence-electron chi connectivity index (χ4n) is 2.79. The summed E-state index contributed by atoms with van der Waals surface area (Å²) in [6.07, 6.45) is 2.89. The van der Waals surface area contributed by atoms with Gasteiger partial charge >= 0.3 is 0 Å². The Kier molecular flexibility index (Phi) is 5.14. The van der Waals surface area contributed by atoms with Gasteiger partial charge in [0.05, 0.1) is 21.7 Å². The Balaban J connectivity index is 0.00000181. The molecule has 0 spiro atoms. The number of fused-ring (bicyclic) bond motifs is 1. The highest BCUT2D eigenvalue weighted by molar-refractivity contribution is 7.93. The number of pyridine rings is 1. The third kappa shape index (κ3) is 3.84. The topological polar surface area (TPSA) is 101 Å². The number of carbonyl (C=O) groups excluding carboxylic acids is 1. The molecule has 11 heteroatoms. The van der Waals surface area contributed by atoms with Crippen molar-refractivity contribution in [2.75, 3.05) is 10.0 Å². The highest BCUT2D eigenvalue weighted by Crippen LogP contribution is 2.30. The van der Waals surface area contributed by atoms with Gasteiger partial charge in [0.25, 0.3) is 15.9 Å². The molecule has 0 aliphatic heterocycles. The number of hydrogen-bond acceptors (Lipinski definition) is 6. The van der Waals surface area contributed by atoms with Crippen LogP contribution in [0.3, 0.4) is 0 Å². The van der Waals surface area contributed by atoms with E-state index in [9.17, 15) is 22.0 Å². The average Bonchev–Trinajstić information content (AvgIpc) is 3.22. The second kappa shape index (κ2) is 7.76. The van der Waals surface area contributed by atoms with Crippen LogP contribution in [0.5, 0.6) is 0 Å². The van der Waals surface area contributed by atoms with Gasteiger partial charge in [0.1, 0.15) is 11.6 Å². The Morgan fingerprint density at radius 2 is 1.90 bits per heavy atom. The standard InChI is InChI=1S/C19H12F2N4O3S2.2H2/c20-11-3-4-14(21)13(10-11)18(26)24-15-5-6-16(12-2-1-7-22-17(12)15)30(27,28)25-19-23-8-9-29-19;;/h1-10H,(H,23,25)(H,24,26);2*1H. The summed E-state index contributed by atoms with van der Waals surface area (Å²) in [5.74, 6) is -2.55.